The molecule has 0 aliphatic heterocycles. The Kier molecular flexibility index (Phi) is 5.79. The number of nitrogens with one attached hydrogen (secondary N) is 1. The van der Waals surface area contributed by atoms with Gasteiger partial charge in [0.1, 0.15) is 0 Å². The van der Waals surface area contributed by atoms with Crippen molar-refractivity contribution in [1.82, 2.24) is 15.2 Å². The fourth-order valence-electron chi connectivity index (χ4n) is 1.42. The molecule has 0 bridgehead atoms. The van der Waals surface area contributed by atoms with Crippen molar-refractivity contribution in [3.63, 3.8) is 0 Å². The van der Waals surface area contributed by atoms with Gasteiger partial charge in [-0.3, -0.25) is 9.78 Å². The lowest BCUT2D eigenvalue weighted by atomic mass is 10.2. The van der Waals surface area contributed by atoms with Gasteiger partial charge in [0.15, 0.2) is 0 Å². The van der Waals surface area contributed by atoms with Crippen LogP contribution < -0.4 is 5.32 Å². The second-order valence-corrected chi connectivity index (χ2v) is 4.13. The van der Waals surface area contributed by atoms with E-state index in [9.17, 15) is 4.79 Å². The van der Waals surface area contributed by atoms with Gasteiger partial charge in [-0.15, -0.1) is 0 Å². The molecular weight excluding hydrogens is 232 g/mol. The topological polar surface area (TPSA) is 77.8 Å². The molecule has 0 saturated heterocycles. The van der Waals surface area contributed by atoms with Crippen molar-refractivity contribution >= 4 is 12.1 Å². The average Bonchev–Trinajstić information content (AvgIpc) is 2.35. The largest absolute Gasteiger partial charge is 0.411 e. The molecule has 0 saturated carbocycles. The number of hydrogen-bond donors (Lipinski definition) is 2. The molecule has 0 atom stereocenters. The van der Waals surface area contributed by atoms with E-state index in [4.69, 9.17) is 5.21 Å². The average molecular weight is 250 g/mol. The van der Waals surface area contributed by atoms with Crippen molar-refractivity contribution in [2.75, 3.05) is 27.2 Å². The molecule has 6 nitrogen and oxygen atoms in total. The van der Waals surface area contributed by atoms with E-state index in [0.717, 1.165) is 13.0 Å². The van der Waals surface area contributed by atoms with E-state index in [-0.39, 0.29) is 5.91 Å². The van der Waals surface area contributed by atoms with E-state index < -0.39 is 0 Å². The van der Waals surface area contributed by atoms with Gasteiger partial charge in [0, 0.05) is 18.3 Å². The van der Waals surface area contributed by atoms with Crippen LogP contribution in [0.3, 0.4) is 0 Å². The van der Waals surface area contributed by atoms with Crippen LogP contribution in [0, 0.1) is 0 Å². The van der Waals surface area contributed by atoms with Gasteiger partial charge in [0.2, 0.25) is 0 Å². The molecule has 0 fully saturated rings. The van der Waals surface area contributed by atoms with Crippen LogP contribution in [0.15, 0.2) is 23.5 Å². The molecule has 1 rings (SSSR count). The molecule has 6 heteroatoms. The first kappa shape index (κ1) is 14.1. The number of rotatable bonds is 6. The molecule has 18 heavy (non-hydrogen) atoms. The highest BCUT2D eigenvalue weighted by Crippen LogP contribution is 2.00. The number of hydrogen-bond acceptors (Lipinski definition) is 5. The van der Waals surface area contributed by atoms with E-state index in [1.54, 1.807) is 12.1 Å². The molecule has 1 heterocycles. The number of pyridine rings is 1. The summed E-state index contributed by atoms with van der Waals surface area (Å²) in [5, 5.41) is 14.1. The molecule has 0 spiro atoms. The van der Waals surface area contributed by atoms with Crippen LogP contribution in [-0.4, -0.2) is 54.4 Å². The molecule has 2 N–H and O–H groups in total. The van der Waals surface area contributed by atoms with Gasteiger partial charge in [-0.05, 0) is 39.2 Å². The number of oxime groups is 1. The van der Waals surface area contributed by atoms with Gasteiger partial charge in [0.25, 0.3) is 5.91 Å². The van der Waals surface area contributed by atoms with Crippen LogP contribution in [-0.2, 0) is 0 Å². The Morgan fingerprint density at radius 1 is 1.61 bits per heavy atom. The predicted octanol–water partition coefficient (Wildman–Crippen LogP) is 0.571. The fourth-order valence-corrected chi connectivity index (χ4v) is 1.42. The Morgan fingerprint density at radius 2 is 2.39 bits per heavy atom. The lowest BCUT2D eigenvalue weighted by Crippen LogP contribution is -2.27. The molecule has 1 amide bonds. The van der Waals surface area contributed by atoms with Crippen LogP contribution in [0.1, 0.15) is 22.5 Å². The molecular formula is C12H18N4O2. The molecule has 1 aromatic heterocycles. The molecule has 0 unspecified atom stereocenters. The molecule has 98 valence electrons. The predicted molar refractivity (Wildman–Crippen MR) is 69.1 cm³/mol. The second-order valence-electron chi connectivity index (χ2n) is 4.13. The summed E-state index contributed by atoms with van der Waals surface area (Å²) < 4.78 is 0. The first-order valence-corrected chi connectivity index (χ1v) is 5.70. The SMILES string of the molecule is CN(C)CCCNC(=O)c1ccnc(C=NO)c1. The van der Waals surface area contributed by atoms with Crippen molar-refractivity contribution in [2.45, 2.75) is 6.42 Å². The lowest BCUT2D eigenvalue weighted by Gasteiger charge is -2.09. The normalized spacial score (nSPS) is 11.1. The zero-order valence-corrected chi connectivity index (χ0v) is 10.6. The molecule has 0 aliphatic carbocycles. The zero-order valence-electron chi connectivity index (χ0n) is 10.6. The van der Waals surface area contributed by atoms with E-state index in [1.165, 1.54) is 12.4 Å². The van der Waals surface area contributed by atoms with Gasteiger partial charge in [-0.25, -0.2) is 0 Å². The van der Waals surface area contributed by atoms with E-state index in [2.05, 4.69) is 20.4 Å². The first-order chi connectivity index (χ1) is 8.63. The highest BCUT2D eigenvalue weighted by molar-refractivity contribution is 5.95. The van der Waals surface area contributed by atoms with Crippen molar-refractivity contribution in [1.29, 1.82) is 0 Å². The smallest absolute Gasteiger partial charge is 0.251 e. The first-order valence-electron chi connectivity index (χ1n) is 5.70. The third-order valence-electron chi connectivity index (χ3n) is 2.30. The highest BCUT2D eigenvalue weighted by atomic mass is 16.4. The minimum Gasteiger partial charge on any atom is -0.411 e. The van der Waals surface area contributed by atoms with Crippen LogP contribution in [0.4, 0.5) is 0 Å². The summed E-state index contributed by atoms with van der Waals surface area (Å²) >= 11 is 0. The Balaban J connectivity index is 2.48. The van der Waals surface area contributed by atoms with Crippen molar-refractivity contribution < 1.29 is 10.0 Å². The van der Waals surface area contributed by atoms with E-state index >= 15 is 0 Å². The molecule has 0 aliphatic rings. The number of carbonyl (C=O) groups excluding carboxylic acids is 1. The zero-order chi connectivity index (χ0) is 13.4. The maximum absolute atomic E-state index is 11.8. The Morgan fingerprint density at radius 3 is 3.06 bits per heavy atom. The van der Waals surface area contributed by atoms with Crippen LogP contribution >= 0.6 is 0 Å². The maximum Gasteiger partial charge on any atom is 0.251 e. The van der Waals surface area contributed by atoms with Gasteiger partial charge >= 0.3 is 0 Å². The van der Waals surface area contributed by atoms with Gasteiger partial charge < -0.3 is 15.4 Å². The number of nitrogens with zero attached hydrogens (tertiary/aromatic N) is 3. The summed E-state index contributed by atoms with van der Waals surface area (Å²) in [4.78, 5) is 17.8. The summed E-state index contributed by atoms with van der Waals surface area (Å²) in [5.74, 6) is -0.149. The number of carbonyl (C=O) groups is 1. The van der Waals surface area contributed by atoms with Gasteiger partial charge in [-0.2, -0.15) is 0 Å². The highest BCUT2D eigenvalue weighted by Gasteiger charge is 2.05. The standard InChI is InChI=1S/C12H18N4O2/c1-16(2)7-3-5-14-12(17)10-4-6-13-11(8-10)9-15-18/h4,6,8-9,18H,3,5,7H2,1-2H3,(H,14,17). The summed E-state index contributed by atoms with van der Waals surface area (Å²) in [6.07, 6.45) is 3.59. The van der Waals surface area contributed by atoms with E-state index in [0.29, 0.717) is 17.8 Å². The van der Waals surface area contributed by atoms with E-state index in [1.807, 2.05) is 14.1 Å². The molecule has 1 aromatic rings. The van der Waals surface area contributed by atoms with Crippen LogP contribution in [0.25, 0.3) is 0 Å². The summed E-state index contributed by atoms with van der Waals surface area (Å²) in [6.45, 7) is 1.56. The minimum absolute atomic E-state index is 0.149. The van der Waals surface area contributed by atoms with Crippen LogP contribution in [0.5, 0.6) is 0 Å². The third kappa shape index (κ3) is 4.92. The molecule has 0 aromatic carbocycles. The van der Waals surface area contributed by atoms with Crippen LogP contribution in [0.2, 0.25) is 0 Å². The Hall–Kier alpha value is -1.95. The quantitative estimate of drug-likeness (QED) is 0.335. The lowest BCUT2D eigenvalue weighted by molar-refractivity contribution is 0.0952. The van der Waals surface area contributed by atoms with Gasteiger partial charge in [0.05, 0.1) is 11.9 Å². The summed E-state index contributed by atoms with van der Waals surface area (Å²) in [6, 6.07) is 3.19. The Labute approximate surface area is 106 Å². The number of amides is 1. The minimum atomic E-state index is -0.149. The fraction of sp³-hybridized carbons (Fsp3) is 0.417. The molecule has 0 radical (unpaired) electrons. The monoisotopic (exact) mass is 250 g/mol. The van der Waals surface area contributed by atoms with Crippen molar-refractivity contribution in [2.24, 2.45) is 5.16 Å². The number of aromatic nitrogens is 1. The Bertz CT molecular complexity index is 418. The summed E-state index contributed by atoms with van der Waals surface area (Å²) in [5.41, 5.74) is 0.947. The van der Waals surface area contributed by atoms with Gasteiger partial charge in [-0.1, -0.05) is 5.16 Å². The third-order valence-corrected chi connectivity index (χ3v) is 2.30. The second kappa shape index (κ2) is 7.39. The van der Waals surface area contributed by atoms with Crippen molar-refractivity contribution in [3.8, 4) is 0 Å². The summed E-state index contributed by atoms with van der Waals surface area (Å²) in [7, 11) is 3.98. The van der Waals surface area contributed by atoms with Crippen molar-refractivity contribution in [3.05, 3.63) is 29.6 Å². The maximum atomic E-state index is 11.8.